The largest absolute Gasteiger partial charge is 0.277 e. The van der Waals surface area contributed by atoms with Gasteiger partial charge in [-0.25, -0.2) is 8.78 Å². The first-order valence-electron chi connectivity index (χ1n) is 4.75. The van der Waals surface area contributed by atoms with Crippen LogP contribution in [0.25, 0.3) is 0 Å². The molecule has 1 rings (SSSR count). The molecule has 1 unspecified atom stereocenters. The molecule has 1 aromatic rings. The van der Waals surface area contributed by atoms with Gasteiger partial charge in [-0.05, 0) is 24.5 Å². The molecule has 0 aliphatic carbocycles. The smallest absolute Gasteiger partial charge is 0.201 e. The van der Waals surface area contributed by atoms with Crippen molar-refractivity contribution in [3.63, 3.8) is 0 Å². The fourth-order valence-corrected chi connectivity index (χ4v) is 1.82. The number of benzene rings is 1. The summed E-state index contributed by atoms with van der Waals surface area (Å²) in [6.07, 6.45) is 1.87. The molecule has 0 aromatic heterocycles. The first kappa shape index (κ1) is 12.6. The van der Waals surface area contributed by atoms with Crippen LogP contribution in [0, 0.1) is 0 Å². The van der Waals surface area contributed by atoms with Crippen molar-refractivity contribution in [1.29, 1.82) is 0 Å². The lowest BCUT2D eigenvalue weighted by atomic mass is 10.1. The Balaban J connectivity index is 2.48. The molecule has 0 radical (unpaired) electrons. The van der Waals surface area contributed by atoms with Crippen LogP contribution in [0.3, 0.4) is 0 Å². The van der Waals surface area contributed by atoms with E-state index in [0.717, 1.165) is 11.6 Å². The van der Waals surface area contributed by atoms with E-state index in [2.05, 4.69) is 6.58 Å². The fourth-order valence-electron chi connectivity index (χ4n) is 1.26. The van der Waals surface area contributed by atoms with Gasteiger partial charge in [0.05, 0.1) is 3.92 Å². The molecule has 1 aromatic carbocycles. The third-order valence-electron chi connectivity index (χ3n) is 2.22. The molecule has 1 atom stereocenters. The summed E-state index contributed by atoms with van der Waals surface area (Å²) >= 11 is 1.79. The number of hydrogen-bond donors (Lipinski definition) is 0. The van der Waals surface area contributed by atoms with E-state index in [-0.39, 0.29) is 0 Å². The highest BCUT2D eigenvalue weighted by Crippen LogP contribution is 2.29. The average Bonchev–Trinajstić information content (AvgIpc) is 2.27. The average molecular weight is 322 g/mol. The molecule has 0 saturated heterocycles. The topological polar surface area (TPSA) is 0 Å². The SMILES string of the molecule is C=CC(F)(F)C(I)CCc1ccccc1. The van der Waals surface area contributed by atoms with Gasteiger partial charge in [0.2, 0.25) is 0 Å². The Morgan fingerprint density at radius 2 is 1.93 bits per heavy atom. The normalized spacial score (nSPS) is 13.5. The van der Waals surface area contributed by atoms with Gasteiger partial charge in [0.25, 0.3) is 5.92 Å². The number of rotatable bonds is 5. The Labute approximate surface area is 103 Å². The summed E-state index contributed by atoms with van der Waals surface area (Å²) in [6.45, 7) is 3.15. The van der Waals surface area contributed by atoms with Crippen LogP contribution in [0.5, 0.6) is 0 Å². The quantitative estimate of drug-likeness (QED) is 0.432. The molecular weight excluding hydrogens is 309 g/mol. The lowest BCUT2D eigenvalue weighted by Crippen LogP contribution is -2.26. The Morgan fingerprint density at radius 3 is 2.47 bits per heavy atom. The predicted molar refractivity (Wildman–Crippen MR) is 67.7 cm³/mol. The summed E-state index contributed by atoms with van der Waals surface area (Å²) in [7, 11) is 0. The molecule has 15 heavy (non-hydrogen) atoms. The Kier molecular flexibility index (Phi) is 4.70. The maximum absolute atomic E-state index is 13.1. The van der Waals surface area contributed by atoms with Gasteiger partial charge in [-0.1, -0.05) is 59.5 Å². The van der Waals surface area contributed by atoms with E-state index in [1.807, 2.05) is 30.3 Å². The maximum Gasteiger partial charge on any atom is 0.277 e. The molecule has 0 fully saturated rings. The Morgan fingerprint density at radius 1 is 1.33 bits per heavy atom. The standard InChI is InChI=1S/C12H13F2I/c1-2-12(13,14)11(15)9-8-10-6-4-3-5-7-10/h2-7,11H,1,8-9H2. The van der Waals surface area contributed by atoms with Gasteiger partial charge < -0.3 is 0 Å². The van der Waals surface area contributed by atoms with Crippen molar-refractivity contribution in [1.82, 2.24) is 0 Å². The minimum atomic E-state index is -2.77. The highest BCUT2D eigenvalue weighted by molar-refractivity contribution is 14.1. The molecule has 0 bridgehead atoms. The minimum absolute atomic E-state index is 0.462. The molecule has 0 aliphatic heterocycles. The molecular formula is C12H13F2I. The van der Waals surface area contributed by atoms with Gasteiger partial charge >= 0.3 is 0 Å². The highest BCUT2D eigenvalue weighted by atomic mass is 127. The van der Waals surface area contributed by atoms with E-state index < -0.39 is 9.85 Å². The van der Waals surface area contributed by atoms with Gasteiger partial charge in [0.1, 0.15) is 0 Å². The number of allylic oxidation sites excluding steroid dienone is 1. The first-order valence-corrected chi connectivity index (χ1v) is 6.00. The van der Waals surface area contributed by atoms with Crippen LogP contribution in [0.4, 0.5) is 8.78 Å². The van der Waals surface area contributed by atoms with Crippen molar-refractivity contribution < 1.29 is 8.78 Å². The van der Waals surface area contributed by atoms with E-state index in [1.165, 1.54) is 0 Å². The van der Waals surface area contributed by atoms with Crippen molar-refractivity contribution in [2.24, 2.45) is 0 Å². The van der Waals surface area contributed by atoms with E-state index in [4.69, 9.17) is 0 Å². The van der Waals surface area contributed by atoms with Gasteiger partial charge in [0, 0.05) is 0 Å². The maximum atomic E-state index is 13.1. The number of alkyl halides is 3. The lowest BCUT2D eigenvalue weighted by Gasteiger charge is -2.18. The minimum Gasteiger partial charge on any atom is -0.201 e. The first-order chi connectivity index (χ1) is 7.06. The molecule has 0 N–H and O–H groups in total. The van der Waals surface area contributed by atoms with Crippen LogP contribution in [-0.4, -0.2) is 9.85 Å². The van der Waals surface area contributed by atoms with Crippen molar-refractivity contribution >= 4 is 22.6 Å². The monoisotopic (exact) mass is 322 g/mol. The predicted octanol–water partition coefficient (Wildman–Crippen LogP) is 4.24. The molecule has 0 nitrogen and oxygen atoms in total. The van der Waals surface area contributed by atoms with Gasteiger partial charge in [-0.2, -0.15) is 0 Å². The van der Waals surface area contributed by atoms with Gasteiger partial charge in [-0.15, -0.1) is 0 Å². The van der Waals surface area contributed by atoms with E-state index in [1.54, 1.807) is 22.6 Å². The van der Waals surface area contributed by atoms with Crippen LogP contribution in [-0.2, 0) is 6.42 Å². The Bertz CT molecular complexity index is 309. The van der Waals surface area contributed by atoms with Crippen molar-refractivity contribution in [3.05, 3.63) is 48.6 Å². The van der Waals surface area contributed by atoms with Crippen molar-refractivity contribution in [2.45, 2.75) is 22.7 Å². The second kappa shape index (κ2) is 5.58. The molecule has 0 spiro atoms. The molecule has 0 aliphatic rings. The van der Waals surface area contributed by atoms with Crippen LogP contribution in [0.15, 0.2) is 43.0 Å². The summed E-state index contributed by atoms with van der Waals surface area (Å²) < 4.78 is 25.6. The fraction of sp³-hybridized carbons (Fsp3) is 0.333. The van der Waals surface area contributed by atoms with E-state index in [0.29, 0.717) is 12.8 Å². The molecule has 0 saturated carbocycles. The van der Waals surface area contributed by atoms with Crippen LogP contribution < -0.4 is 0 Å². The second-order valence-electron chi connectivity index (χ2n) is 3.37. The molecule has 82 valence electrons. The number of halogens is 3. The summed E-state index contributed by atoms with van der Waals surface area (Å²) in [5.74, 6) is -2.77. The molecule has 0 amide bonds. The van der Waals surface area contributed by atoms with E-state index in [9.17, 15) is 8.78 Å². The molecule has 3 heteroatoms. The van der Waals surface area contributed by atoms with Crippen molar-refractivity contribution in [2.75, 3.05) is 0 Å². The third kappa shape index (κ3) is 3.89. The van der Waals surface area contributed by atoms with Gasteiger partial charge in [-0.3, -0.25) is 0 Å². The van der Waals surface area contributed by atoms with Crippen LogP contribution in [0.1, 0.15) is 12.0 Å². The summed E-state index contributed by atoms with van der Waals surface area (Å²) in [4.78, 5) is 0. The zero-order valence-electron chi connectivity index (χ0n) is 8.30. The zero-order valence-corrected chi connectivity index (χ0v) is 10.5. The zero-order chi connectivity index (χ0) is 11.3. The Hall–Kier alpha value is -0.450. The highest BCUT2D eigenvalue weighted by Gasteiger charge is 2.33. The van der Waals surface area contributed by atoms with E-state index >= 15 is 0 Å². The van der Waals surface area contributed by atoms with Crippen molar-refractivity contribution in [3.8, 4) is 0 Å². The summed E-state index contributed by atoms with van der Waals surface area (Å²) in [5.41, 5.74) is 1.10. The molecule has 0 heterocycles. The van der Waals surface area contributed by atoms with Crippen LogP contribution >= 0.6 is 22.6 Å². The van der Waals surface area contributed by atoms with Gasteiger partial charge in [0.15, 0.2) is 0 Å². The number of aryl methyl sites for hydroxylation is 1. The third-order valence-corrected chi connectivity index (χ3v) is 3.67. The van der Waals surface area contributed by atoms with Crippen LogP contribution in [0.2, 0.25) is 0 Å². The number of hydrogen-bond acceptors (Lipinski definition) is 0. The lowest BCUT2D eigenvalue weighted by molar-refractivity contribution is 0.0558. The summed E-state index contributed by atoms with van der Waals surface area (Å²) in [6, 6.07) is 9.67. The second-order valence-corrected chi connectivity index (χ2v) is 4.87. The summed E-state index contributed by atoms with van der Waals surface area (Å²) in [5, 5.41) is 0.